The highest BCUT2D eigenvalue weighted by Crippen LogP contribution is 2.34. The Bertz CT molecular complexity index is 1100. The Kier molecular flexibility index (Phi) is 5.23. The summed E-state index contributed by atoms with van der Waals surface area (Å²) in [7, 11) is 3.61. The Labute approximate surface area is 170 Å². The molecule has 5 nitrogen and oxygen atoms in total. The monoisotopic (exact) mass is 387 g/mol. The van der Waals surface area contributed by atoms with Crippen LogP contribution in [-0.2, 0) is 7.05 Å². The van der Waals surface area contributed by atoms with E-state index in [1.54, 1.807) is 7.11 Å². The van der Waals surface area contributed by atoms with Gasteiger partial charge < -0.3 is 19.7 Å². The second-order valence-corrected chi connectivity index (χ2v) is 7.22. The quantitative estimate of drug-likeness (QED) is 0.500. The number of nitrogens with zero attached hydrogens (tertiary/aromatic N) is 2. The lowest BCUT2D eigenvalue weighted by atomic mass is 10.0. The number of anilines is 1. The number of hydrogen-bond donors (Lipinski definition) is 2. The number of aromatic nitrogens is 2. The number of ether oxygens (including phenoxy) is 1. The second-order valence-electron chi connectivity index (χ2n) is 7.22. The number of aliphatic hydroxyl groups is 1. The normalized spacial score (nSPS) is 13.2. The summed E-state index contributed by atoms with van der Waals surface area (Å²) in [5.74, 6) is 1.53. The first-order chi connectivity index (χ1) is 14.1. The predicted molar refractivity (Wildman–Crippen MR) is 116 cm³/mol. The van der Waals surface area contributed by atoms with Crippen LogP contribution in [0.2, 0.25) is 0 Å². The maximum atomic E-state index is 11.3. The molecule has 0 spiro atoms. The van der Waals surface area contributed by atoms with Crippen LogP contribution in [0, 0.1) is 6.92 Å². The molecule has 0 bridgehead atoms. The minimum Gasteiger partial charge on any atom is -0.497 e. The molecule has 4 rings (SSSR count). The van der Waals surface area contributed by atoms with Gasteiger partial charge in [0.25, 0.3) is 0 Å². The largest absolute Gasteiger partial charge is 0.497 e. The molecule has 4 aromatic rings. The van der Waals surface area contributed by atoms with Crippen LogP contribution in [0.1, 0.15) is 29.1 Å². The third kappa shape index (κ3) is 3.82. The number of fused-ring (bicyclic) bond motifs is 1. The van der Waals surface area contributed by atoms with Crippen molar-refractivity contribution in [3.05, 3.63) is 89.7 Å². The molecule has 0 radical (unpaired) electrons. The Morgan fingerprint density at radius 1 is 0.966 bits per heavy atom. The Morgan fingerprint density at radius 3 is 2.31 bits per heavy atom. The molecule has 0 saturated carbocycles. The molecule has 0 aliphatic rings. The van der Waals surface area contributed by atoms with Crippen LogP contribution < -0.4 is 10.1 Å². The standard InChI is InChI=1S/C24H25N3O2/c1-16-8-12-18(13-9-16)25-22(23(28)17-10-14-19(29-3)15-11-17)24-26-20-6-4-5-7-21(20)27(24)2/h4-15,22-23,25,28H,1-3H3/t22-,23-/m0/s1. The van der Waals surface area contributed by atoms with Crippen LogP contribution in [0.3, 0.4) is 0 Å². The molecule has 5 heteroatoms. The fourth-order valence-corrected chi connectivity index (χ4v) is 3.55. The Hall–Kier alpha value is -3.31. The average Bonchev–Trinajstić information content (AvgIpc) is 3.09. The van der Waals surface area contributed by atoms with Gasteiger partial charge in [-0.2, -0.15) is 0 Å². The summed E-state index contributed by atoms with van der Waals surface area (Å²) < 4.78 is 7.28. The molecular weight excluding hydrogens is 362 g/mol. The van der Waals surface area contributed by atoms with Gasteiger partial charge >= 0.3 is 0 Å². The van der Waals surface area contributed by atoms with Gasteiger partial charge in [-0.1, -0.05) is 42.0 Å². The summed E-state index contributed by atoms with van der Waals surface area (Å²) in [6, 6.07) is 23.2. The zero-order chi connectivity index (χ0) is 20.4. The maximum absolute atomic E-state index is 11.3. The number of benzene rings is 3. The highest BCUT2D eigenvalue weighted by Gasteiger charge is 2.27. The smallest absolute Gasteiger partial charge is 0.135 e. The molecule has 3 aromatic carbocycles. The van der Waals surface area contributed by atoms with Crippen LogP contribution in [-0.4, -0.2) is 21.8 Å². The molecule has 0 unspecified atom stereocenters. The number of imidazole rings is 1. The lowest BCUT2D eigenvalue weighted by Crippen LogP contribution is -2.22. The second kappa shape index (κ2) is 7.97. The highest BCUT2D eigenvalue weighted by molar-refractivity contribution is 5.76. The van der Waals surface area contributed by atoms with E-state index >= 15 is 0 Å². The van der Waals surface area contributed by atoms with E-state index in [1.165, 1.54) is 5.56 Å². The first-order valence-electron chi connectivity index (χ1n) is 9.63. The summed E-state index contributed by atoms with van der Waals surface area (Å²) in [5.41, 5.74) is 4.84. The zero-order valence-corrected chi connectivity index (χ0v) is 16.8. The van der Waals surface area contributed by atoms with Crippen molar-refractivity contribution in [2.75, 3.05) is 12.4 Å². The molecule has 0 aliphatic heterocycles. The summed E-state index contributed by atoms with van der Waals surface area (Å²) in [5, 5.41) is 14.8. The van der Waals surface area contributed by atoms with Crippen LogP contribution in [0.4, 0.5) is 5.69 Å². The van der Waals surface area contributed by atoms with Gasteiger partial charge in [-0.15, -0.1) is 0 Å². The molecule has 0 amide bonds. The van der Waals surface area contributed by atoms with Gasteiger partial charge in [0.1, 0.15) is 23.7 Å². The van der Waals surface area contributed by atoms with Crippen molar-refractivity contribution < 1.29 is 9.84 Å². The van der Waals surface area contributed by atoms with Crippen LogP contribution in [0.5, 0.6) is 5.75 Å². The van der Waals surface area contributed by atoms with Gasteiger partial charge in [0.2, 0.25) is 0 Å². The third-order valence-electron chi connectivity index (χ3n) is 5.25. The molecule has 1 heterocycles. The maximum Gasteiger partial charge on any atom is 0.135 e. The fourth-order valence-electron chi connectivity index (χ4n) is 3.55. The van der Waals surface area contributed by atoms with Gasteiger partial charge in [-0.25, -0.2) is 4.98 Å². The van der Waals surface area contributed by atoms with E-state index in [9.17, 15) is 5.11 Å². The van der Waals surface area contributed by atoms with Gasteiger partial charge in [-0.3, -0.25) is 0 Å². The van der Waals surface area contributed by atoms with E-state index < -0.39 is 12.1 Å². The number of aliphatic hydroxyl groups excluding tert-OH is 1. The van der Waals surface area contributed by atoms with E-state index in [1.807, 2.05) is 84.4 Å². The lowest BCUT2D eigenvalue weighted by Gasteiger charge is -2.25. The van der Waals surface area contributed by atoms with Crippen molar-refractivity contribution in [2.24, 2.45) is 7.05 Å². The third-order valence-corrected chi connectivity index (χ3v) is 5.25. The first kappa shape index (κ1) is 19.0. The predicted octanol–water partition coefficient (Wildman–Crippen LogP) is 4.78. The van der Waals surface area contributed by atoms with E-state index in [-0.39, 0.29) is 0 Å². The molecule has 0 saturated heterocycles. The van der Waals surface area contributed by atoms with E-state index in [4.69, 9.17) is 9.72 Å². The molecule has 148 valence electrons. The minimum atomic E-state index is -0.794. The van der Waals surface area contributed by atoms with Gasteiger partial charge in [0, 0.05) is 12.7 Å². The Morgan fingerprint density at radius 2 is 1.66 bits per heavy atom. The molecule has 2 atom stereocenters. The van der Waals surface area contributed by atoms with Crippen molar-refractivity contribution in [3.63, 3.8) is 0 Å². The van der Waals surface area contributed by atoms with E-state index in [0.717, 1.165) is 33.9 Å². The SMILES string of the molecule is COc1ccc([C@H](O)[C@H](Nc2ccc(C)cc2)c2nc3ccccc3n2C)cc1. The van der Waals surface area contributed by atoms with E-state index in [2.05, 4.69) is 12.2 Å². The lowest BCUT2D eigenvalue weighted by molar-refractivity contribution is 0.150. The average molecular weight is 387 g/mol. The Balaban J connectivity index is 1.76. The zero-order valence-electron chi connectivity index (χ0n) is 16.8. The fraction of sp³-hybridized carbons (Fsp3) is 0.208. The number of rotatable bonds is 6. The number of aryl methyl sites for hydroxylation is 2. The number of nitrogens with one attached hydrogen (secondary N) is 1. The number of para-hydroxylation sites is 2. The topological polar surface area (TPSA) is 59.3 Å². The first-order valence-corrected chi connectivity index (χ1v) is 9.63. The molecule has 1 aromatic heterocycles. The van der Waals surface area contributed by atoms with Crippen molar-refractivity contribution in [1.82, 2.24) is 9.55 Å². The molecular formula is C24H25N3O2. The summed E-state index contributed by atoms with van der Waals surface area (Å²) in [6.45, 7) is 2.05. The minimum absolute atomic E-state index is 0.427. The van der Waals surface area contributed by atoms with E-state index in [0.29, 0.717) is 0 Å². The molecule has 0 aliphatic carbocycles. The van der Waals surface area contributed by atoms with Gasteiger partial charge in [0.05, 0.1) is 18.1 Å². The van der Waals surface area contributed by atoms with Crippen molar-refractivity contribution in [1.29, 1.82) is 0 Å². The highest BCUT2D eigenvalue weighted by atomic mass is 16.5. The molecule has 2 N–H and O–H groups in total. The summed E-state index contributed by atoms with van der Waals surface area (Å²) in [6.07, 6.45) is -0.794. The summed E-state index contributed by atoms with van der Waals surface area (Å²) >= 11 is 0. The van der Waals surface area contributed by atoms with Crippen LogP contribution >= 0.6 is 0 Å². The molecule has 0 fully saturated rings. The van der Waals surface area contributed by atoms with Gasteiger partial charge in [0.15, 0.2) is 0 Å². The summed E-state index contributed by atoms with van der Waals surface area (Å²) in [4.78, 5) is 4.82. The van der Waals surface area contributed by atoms with Crippen molar-refractivity contribution >= 4 is 16.7 Å². The van der Waals surface area contributed by atoms with Crippen molar-refractivity contribution in [3.8, 4) is 5.75 Å². The van der Waals surface area contributed by atoms with Gasteiger partial charge in [-0.05, 0) is 48.9 Å². The van der Waals surface area contributed by atoms with Crippen LogP contribution in [0.25, 0.3) is 11.0 Å². The van der Waals surface area contributed by atoms with Crippen molar-refractivity contribution in [2.45, 2.75) is 19.1 Å². The van der Waals surface area contributed by atoms with Crippen LogP contribution in [0.15, 0.2) is 72.8 Å². The molecule has 29 heavy (non-hydrogen) atoms. The number of hydrogen-bond acceptors (Lipinski definition) is 4. The number of methoxy groups -OCH3 is 1.